The van der Waals surface area contributed by atoms with Crippen LogP contribution in [0.1, 0.15) is 10.4 Å². The molecule has 0 spiro atoms. The Kier molecular flexibility index (Phi) is 4.08. The number of amides is 1. The number of benzene rings is 1. The number of hydrogen-bond donors (Lipinski definition) is 3. The summed E-state index contributed by atoms with van der Waals surface area (Å²) in [7, 11) is 0. The second-order valence-electron chi connectivity index (χ2n) is 3.66. The maximum atomic E-state index is 13.0. The summed E-state index contributed by atoms with van der Waals surface area (Å²) in [6, 6.07) is 7.17. The van der Waals surface area contributed by atoms with Crippen molar-refractivity contribution in [3.8, 4) is 0 Å². The highest BCUT2D eigenvalue weighted by Gasteiger charge is 2.13. The van der Waals surface area contributed by atoms with Gasteiger partial charge < -0.3 is 10.7 Å². The first-order valence-electron chi connectivity index (χ1n) is 5.29. The molecule has 19 heavy (non-hydrogen) atoms. The first-order valence-corrected chi connectivity index (χ1v) is 6.08. The molecular formula is C12H10BrFN4O. The maximum absolute atomic E-state index is 13.0. The first-order chi connectivity index (χ1) is 9.10. The van der Waals surface area contributed by atoms with Gasteiger partial charge in [-0.05, 0) is 40.2 Å². The molecule has 5 nitrogen and oxygen atoms in total. The van der Waals surface area contributed by atoms with Gasteiger partial charge >= 0.3 is 0 Å². The van der Waals surface area contributed by atoms with Crippen LogP contribution in [-0.2, 0) is 0 Å². The molecule has 0 aliphatic carbocycles. The molecule has 0 aliphatic heterocycles. The number of nitrogen functional groups attached to an aromatic ring is 1. The fraction of sp³-hybridized carbons (Fsp3) is 0. The van der Waals surface area contributed by atoms with E-state index in [0.717, 1.165) is 0 Å². The average molecular weight is 325 g/mol. The lowest BCUT2D eigenvalue weighted by Gasteiger charge is -2.09. The summed E-state index contributed by atoms with van der Waals surface area (Å²) in [5, 5.41) is 2.57. The largest absolute Gasteiger partial charge is 0.322 e. The van der Waals surface area contributed by atoms with Crippen molar-refractivity contribution in [3.05, 3.63) is 52.4 Å². The predicted octanol–water partition coefficient (Wildman–Crippen LogP) is 2.52. The fourth-order valence-electron chi connectivity index (χ4n) is 1.49. The van der Waals surface area contributed by atoms with Gasteiger partial charge in [0.25, 0.3) is 5.91 Å². The quantitative estimate of drug-likeness (QED) is 0.598. The van der Waals surface area contributed by atoms with Crippen molar-refractivity contribution in [2.24, 2.45) is 5.84 Å². The highest BCUT2D eigenvalue weighted by atomic mass is 79.9. The molecule has 0 radical (unpaired) electrons. The van der Waals surface area contributed by atoms with E-state index in [1.54, 1.807) is 12.1 Å². The zero-order valence-corrected chi connectivity index (χ0v) is 11.2. The zero-order chi connectivity index (χ0) is 13.8. The number of aromatic nitrogens is 1. The van der Waals surface area contributed by atoms with Gasteiger partial charge in [0.2, 0.25) is 0 Å². The van der Waals surface area contributed by atoms with Gasteiger partial charge in [0.05, 0.1) is 5.56 Å². The van der Waals surface area contributed by atoms with Crippen LogP contribution in [0.15, 0.2) is 41.0 Å². The highest BCUT2D eigenvalue weighted by Crippen LogP contribution is 2.19. The third-order valence-corrected chi connectivity index (χ3v) is 2.75. The third-order valence-electron chi connectivity index (χ3n) is 2.32. The van der Waals surface area contributed by atoms with E-state index in [1.807, 2.05) is 0 Å². The van der Waals surface area contributed by atoms with E-state index < -0.39 is 11.7 Å². The van der Waals surface area contributed by atoms with Crippen LogP contribution >= 0.6 is 15.9 Å². The smallest absolute Gasteiger partial charge is 0.259 e. The predicted molar refractivity (Wildman–Crippen MR) is 74.1 cm³/mol. The lowest BCUT2D eigenvalue weighted by Crippen LogP contribution is -2.18. The number of carbonyl (C=O) groups excluding carboxylic acids is 1. The number of carbonyl (C=O) groups is 1. The average Bonchev–Trinajstić information content (AvgIpc) is 2.38. The van der Waals surface area contributed by atoms with Crippen molar-refractivity contribution in [2.75, 3.05) is 10.7 Å². The molecule has 1 heterocycles. The van der Waals surface area contributed by atoms with Crippen LogP contribution in [0.25, 0.3) is 0 Å². The number of hydrogen-bond acceptors (Lipinski definition) is 4. The second kappa shape index (κ2) is 5.77. The zero-order valence-electron chi connectivity index (χ0n) is 9.65. The van der Waals surface area contributed by atoms with E-state index in [0.29, 0.717) is 10.2 Å². The molecule has 7 heteroatoms. The normalized spacial score (nSPS) is 10.1. The van der Waals surface area contributed by atoms with Crippen LogP contribution < -0.4 is 16.6 Å². The number of pyridine rings is 1. The lowest BCUT2D eigenvalue weighted by molar-refractivity contribution is 0.102. The van der Waals surface area contributed by atoms with Crippen molar-refractivity contribution in [3.63, 3.8) is 0 Å². The number of nitrogens with zero attached hydrogens (tertiary/aromatic N) is 1. The van der Waals surface area contributed by atoms with Crippen molar-refractivity contribution in [1.29, 1.82) is 0 Å². The van der Waals surface area contributed by atoms with Crippen molar-refractivity contribution >= 4 is 33.3 Å². The summed E-state index contributed by atoms with van der Waals surface area (Å²) in [6.45, 7) is 0. The minimum Gasteiger partial charge on any atom is -0.322 e. The van der Waals surface area contributed by atoms with Gasteiger partial charge in [0, 0.05) is 16.4 Å². The Morgan fingerprint density at radius 2 is 2.16 bits per heavy atom. The molecule has 0 bridgehead atoms. The van der Waals surface area contributed by atoms with Crippen LogP contribution in [0.4, 0.5) is 15.9 Å². The van der Waals surface area contributed by atoms with Gasteiger partial charge in [0.15, 0.2) is 5.82 Å². The number of hydrazine groups is 1. The van der Waals surface area contributed by atoms with E-state index in [-0.39, 0.29) is 11.4 Å². The van der Waals surface area contributed by atoms with Gasteiger partial charge in [-0.1, -0.05) is 6.07 Å². The molecule has 1 aromatic heterocycles. The van der Waals surface area contributed by atoms with Crippen LogP contribution in [0, 0.1) is 5.82 Å². The van der Waals surface area contributed by atoms with E-state index in [2.05, 4.69) is 31.7 Å². The summed E-state index contributed by atoms with van der Waals surface area (Å²) in [5.74, 6) is 4.66. The SMILES string of the molecule is NNc1ncc(Br)cc1C(=O)Nc1cccc(F)c1. The van der Waals surface area contributed by atoms with Crippen LogP contribution in [0.2, 0.25) is 0 Å². The molecule has 0 unspecified atom stereocenters. The number of anilines is 2. The van der Waals surface area contributed by atoms with E-state index in [4.69, 9.17) is 5.84 Å². The summed E-state index contributed by atoms with van der Waals surface area (Å²) in [4.78, 5) is 16.0. The summed E-state index contributed by atoms with van der Waals surface area (Å²) in [6.07, 6.45) is 1.51. The van der Waals surface area contributed by atoms with Crippen molar-refractivity contribution in [2.45, 2.75) is 0 Å². The van der Waals surface area contributed by atoms with Gasteiger partial charge in [-0.2, -0.15) is 0 Å². The Morgan fingerprint density at radius 1 is 1.37 bits per heavy atom. The fourth-order valence-corrected chi connectivity index (χ4v) is 1.82. The van der Waals surface area contributed by atoms with Crippen molar-refractivity contribution < 1.29 is 9.18 Å². The molecule has 0 fully saturated rings. The van der Waals surface area contributed by atoms with Gasteiger partial charge in [0.1, 0.15) is 5.82 Å². The Hall–Kier alpha value is -1.99. The second-order valence-corrected chi connectivity index (χ2v) is 4.57. The van der Waals surface area contributed by atoms with Gasteiger partial charge in [-0.25, -0.2) is 15.2 Å². The molecular weight excluding hydrogens is 315 g/mol. The Bertz CT molecular complexity index is 620. The molecule has 0 saturated carbocycles. The molecule has 1 aromatic carbocycles. The van der Waals surface area contributed by atoms with Crippen LogP contribution in [0.5, 0.6) is 0 Å². The number of nitrogens with two attached hydrogens (primary N) is 1. The first kappa shape index (κ1) is 13.4. The Labute approximate surface area is 117 Å². The molecule has 2 rings (SSSR count). The third kappa shape index (κ3) is 3.27. The molecule has 1 amide bonds. The molecule has 0 aliphatic rings. The molecule has 4 N–H and O–H groups in total. The monoisotopic (exact) mass is 324 g/mol. The lowest BCUT2D eigenvalue weighted by atomic mass is 10.2. The van der Waals surface area contributed by atoms with Gasteiger partial charge in [-0.3, -0.25) is 4.79 Å². The summed E-state index contributed by atoms with van der Waals surface area (Å²) in [5.41, 5.74) is 2.94. The standard InChI is InChI=1S/C12H10BrFN4O/c13-7-4-10(11(18-15)16-6-7)12(19)17-9-3-1-2-8(14)5-9/h1-6H,15H2,(H,16,18)(H,17,19). The highest BCUT2D eigenvalue weighted by molar-refractivity contribution is 9.10. The number of nitrogens with one attached hydrogen (secondary N) is 2. The Balaban J connectivity index is 2.27. The van der Waals surface area contributed by atoms with E-state index in [1.165, 1.54) is 24.4 Å². The summed E-state index contributed by atoms with van der Waals surface area (Å²) < 4.78 is 13.7. The molecule has 0 saturated heterocycles. The van der Waals surface area contributed by atoms with Crippen LogP contribution in [0.3, 0.4) is 0 Å². The maximum Gasteiger partial charge on any atom is 0.259 e. The molecule has 0 atom stereocenters. The number of halogens is 2. The molecule has 98 valence electrons. The van der Waals surface area contributed by atoms with E-state index >= 15 is 0 Å². The van der Waals surface area contributed by atoms with Crippen molar-refractivity contribution in [1.82, 2.24) is 4.98 Å². The number of rotatable bonds is 3. The topological polar surface area (TPSA) is 80.0 Å². The minimum absolute atomic E-state index is 0.233. The minimum atomic E-state index is -0.438. The van der Waals surface area contributed by atoms with Gasteiger partial charge in [-0.15, -0.1) is 0 Å². The van der Waals surface area contributed by atoms with Crippen LogP contribution in [-0.4, -0.2) is 10.9 Å². The van der Waals surface area contributed by atoms with E-state index in [9.17, 15) is 9.18 Å². The molecule has 2 aromatic rings. The Morgan fingerprint density at radius 3 is 2.84 bits per heavy atom. The summed E-state index contributed by atoms with van der Waals surface area (Å²) >= 11 is 3.22.